The lowest BCUT2D eigenvalue weighted by Gasteiger charge is -2.23. The number of esters is 1. The standard InChI is InChI=1S/C8H12O8/c1-3(10)16-4(2-9)5(11)6(12)7(13)8(14)15/h2,4-7,11-13H,1H3,(H,14,15). The summed E-state index contributed by atoms with van der Waals surface area (Å²) in [4.78, 5) is 31.2. The average molecular weight is 236 g/mol. The Morgan fingerprint density at radius 3 is 2.00 bits per heavy atom. The van der Waals surface area contributed by atoms with Gasteiger partial charge in [0.2, 0.25) is 0 Å². The molecule has 0 heterocycles. The normalized spacial score (nSPS) is 18.0. The average Bonchev–Trinajstić information content (AvgIpc) is 2.22. The monoisotopic (exact) mass is 236 g/mol. The summed E-state index contributed by atoms with van der Waals surface area (Å²) >= 11 is 0. The molecule has 92 valence electrons. The minimum absolute atomic E-state index is 0.0177. The number of hydrogen-bond donors (Lipinski definition) is 4. The third-order valence-corrected chi connectivity index (χ3v) is 1.70. The second kappa shape index (κ2) is 6.16. The molecule has 4 N–H and O–H groups in total. The van der Waals surface area contributed by atoms with Gasteiger partial charge in [-0.25, -0.2) is 4.79 Å². The number of carboxylic acids is 1. The van der Waals surface area contributed by atoms with E-state index in [0.717, 1.165) is 6.92 Å². The molecule has 0 amide bonds. The number of aliphatic hydroxyl groups is 3. The van der Waals surface area contributed by atoms with E-state index < -0.39 is 36.4 Å². The molecule has 0 aromatic rings. The van der Waals surface area contributed by atoms with Crippen molar-refractivity contribution >= 4 is 18.2 Å². The van der Waals surface area contributed by atoms with Crippen molar-refractivity contribution in [2.45, 2.75) is 31.3 Å². The zero-order chi connectivity index (χ0) is 12.9. The van der Waals surface area contributed by atoms with Gasteiger partial charge in [-0.2, -0.15) is 0 Å². The van der Waals surface area contributed by atoms with Crippen LogP contribution < -0.4 is 0 Å². The summed E-state index contributed by atoms with van der Waals surface area (Å²) < 4.78 is 4.29. The number of rotatable bonds is 6. The molecule has 0 radical (unpaired) electrons. The summed E-state index contributed by atoms with van der Waals surface area (Å²) in [5.41, 5.74) is 0. The fraction of sp³-hybridized carbons (Fsp3) is 0.625. The summed E-state index contributed by atoms with van der Waals surface area (Å²) in [5.74, 6) is -2.67. The number of ether oxygens (including phenoxy) is 1. The van der Waals surface area contributed by atoms with Gasteiger partial charge in [0.15, 0.2) is 18.5 Å². The Bertz CT molecular complexity index is 275. The van der Waals surface area contributed by atoms with Crippen LogP contribution in [0, 0.1) is 0 Å². The Balaban J connectivity index is 4.60. The van der Waals surface area contributed by atoms with Crippen LogP contribution in [0.2, 0.25) is 0 Å². The quantitative estimate of drug-likeness (QED) is 0.288. The smallest absolute Gasteiger partial charge is 0.335 e. The van der Waals surface area contributed by atoms with E-state index in [-0.39, 0.29) is 6.29 Å². The van der Waals surface area contributed by atoms with E-state index in [1.165, 1.54) is 0 Å². The van der Waals surface area contributed by atoms with Gasteiger partial charge in [-0.05, 0) is 0 Å². The van der Waals surface area contributed by atoms with Crippen molar-refractivity contribution in [1.29, 1.82) is 0 Å². The number of carbonyl (C=O) groups is 3. The zero-order valence-electron chi connectivity index (χ0n) is 8.31. The first-order chi connectivity index (χ1) is 7.31. The Morgan fingerprint density at radius 2 is 1.69 bits per heavy atom. The molecule has 0 saturated carbocycles. The third-order valence-electron chi connectivity index (χ3n) is 1.70. The fourth-order valence-corrected chi connectivity index (χ4v) is 0.897. The molecule has 0 aromatic heterocycles. The van der Waals surface area contributed by atoms with Crippen LogP contribution in [0.15, 0.2) is 0 Å². The van der Waals surface area contributed by atoms with Crippen molar-refractivity contribution in [3.05, 3.63) is 0 Å². The van der Waals surface area contributed by atoms with Gasteiger partial charge in [0.25, 0.3) is 0 Å². The molecule has 0 fully saturated rings. The van der Waals surface area contributed by atoms with E-state index in [0.29, 0.717) is 0 Å². The predicted octanol–water partition coefficient (Wildman–Crippen LogP) is -2.72. The van der Waals surface area contributed by atoms with Gasteiger partial charge in [0.1, 0.15) is 12.2 Å². The molecule has 8 heteroatoms. The number of hydrogen-bond acceptors (Lipinski definition) is 7. The molecule has 0 saturated heterocycles. The molecule has 16 heavy (non-hydrogen) atoms. The molecule has 0 spiro atoms. The van der Waals surface area contributed by atoms with Crippen LogP contribution in [0.5, 0.6) is 0 Å². The van der Waals surface area contributed by atoms with Crippen molar-refractivity contribution in [2.24, 2.45) is 0 Å². The maximum absolute atomic E-state index is 10.5. The summed E-state index contributed by atoms with van der Waals surface area (Å²) in [6, 6.07) is 0. The van der Waals surface area contributed by atoms with E-state index in [9.17, 15) is 19.5 Å². The van der Waals surface area contributed by atoms with Gasteiger partial charge < -0.3 is 25.2 Å². The first-order valence-electron chi connectivity index (χ1n) is 4.20. The van der Waals surface area contributed by atoms with Gasteiger partial charge in [-0.3, -0.25) is 9.59 Å². The minimum Gasteiger partial charge on any atom is -0.479 e. The third kappa shape index (κ3) is 3.93. The Kier molecular flexibility index (Phi) is 5.57. The first kappa shape index (κ1) is 14.5. The van der Waals surface area contributed by atoms with Gasteiger partial charge in [0, 0.05) is 6.92 Å². The van der Waals surface area contributed by atoms with E-state index >= 15 is 0 Å². The summed E-state index contributed by atoms with van der Waals surface area (Å²) in [6.45, 7) is 0.962. The maximum atomic E-state index is 10.5. The maximum Gasteiger partial charge on any atom is 0.335 e. The van der Waals surface area contributed by atoms with Gasteiger partial charge >= 0.3 is 11.9 Å². The van der Waals surface area contributed by atoms with E-state index in [2.05, 4.69) is 4.74 Å². The molecule has 0 bridgehead atoms. The van der Waals surface area contributed by atoms with Crippen molar-refractivity contribution in [3.63, 3.8) is 0 Å². The molecule has 0 aliphatic heterocycles. The lowest BCUT2D eigenvalue weighted by atomic mass is 10.0. The van der Waals surface area contributed by atoms with Crippen LogP contribution >= 0.6 is 0 Å². The molecular weight excluding hydrogens is 224 g/mol. The van der Waals surface area contributed by atoms with Gasteiger partial charge in [0.05, 0.1) is 0 Å². The first-order valence-corrected chi connectivity index (χ1v) is 4.20. The summed E-state index contributed by atoms with van der Waals surface area (Å²) in [7, 11) is 0. The molecule has 0 rings (SSSR count). The summed E-state index contributed by atoms with van der Waals surface area (Å²) in [6.07, 6.45) is -8.17. The van der Waals surface area contributed by atoms with Gasteiger partial charge in [-0.15, -0.1) is 0 Å². The van der Waals surface area contributed by atoms with Gasteiger partial charge in [-0.1, -0.05) is 0 Å². The number of carbonyl (C=O) groups excluding carboxylic acids is 2. The van der Waals surface area contributed by atoms with Crippen LogP contribution in [0.4, 0.5) is 0 Å². The molecule has 0 aliphatic rings. The highest BCUT2D eigenvalue weighted by Crippen LogP contribution is 2.07. The van der Waals surface area contributed by atoms with Crippen LogP contribution in [0.1, 0.15) is 6.92 Å². The largest absolute Gasteiger partial charge is 0.479 e. The van der Waals surface area contributed by atoms with Crippen molar-refractivity contribution < 1.29 is 39.5 Å². The zero-order valence-corrected chi connectivity index (χ0v) is 8.31. The Labute approximate surface area is 90.1 Å². The lowest BCUT2D eigenvalue weighted by molar-refractivity contribution is -0.172. The molecule has 4 atom stereocenters. The van der Waals surface area contributed by atoms with Crippen molar-refractivity contribution in [3.8, 4) is 0 Å². The van der Waals surface area contributed by atoms with Crippen LogP contribution in [-0.4, -0.2) is 63.1 Å². The van der Waals surface area contributed by atoms with Crippen LogP contribution in [0.3, 0.4) is 0 Å². The van der Waals surface area contributed by atoms with Crippen LogP contribution in [-0.2, 0) is 19.1 Å². The number of carboxylic acid groups (broad SMARTS) is 1. The lowest BCUT2D eigenvalue weighted by Crippen LogP contribution is -2.49. The highest BCUT2D eigenvalue weighted by molar-refractivity contribution is 5.73. The highest BCUT2D eigenvalue weighted by atomic mass is 16.6. The van der Waals surface area contributed by atoms with E-state index in [1.807, 2.05) is 0 Å². The molecule has 0 aromatic carbocycles. The minimum atomic E-state index is -2.28. The number of aliphatic carboxylic acids is 1. The second-order valence-electron chi connectivity index (χ2n) is 2.97. The Morgan fingerprint density at radius 1 is 1.19 bits per heavy atom. The molecule has 0 aliphatic carbocycles. The van der Waals surface area contributed by atoms with Crippen LogP contribution in [0.25, 0.3) is 0 Å². The fourth-order valence-electron chi connectivity index (χ4n) is 0.897. The molecular formula is C8H12O8. The van der Waals surface area contributed by atoms with Crippen molar-refractivity contribution in [1.82, 2.24) is 0 Å². The highest BCUT2D eigenvalue weighted by Gasteiger charge is 2.36. The van der Waals surface area contributed by atoms with Crippen molar-refractivity contribution in [2.75, 3.05) is 0 Å². The number of aliphatic hydroxyl groups excluding tert-OH is 3. The second-order valence-corrected chi connectivity index (χ2v) is 2.97. The number of aldehydes is 1. The predicted molar refractivity (Wildman–Crippen MR) is 47.3 cm³/mol. The molecule has 8 nitrogen and oxygen atoms in total. The topological polar surface area (TPSA) is 141 Å². The van der Waals surface area contributed by atoms with E-state index in [1.54, 1.807) is 0 Å². The SMILES string of the molecule is CC(=O)OC(C=O)C(O)C(O)C(O)C(=O)O. The Hall–Kier alpha value is -1.51. The van der Waals surface area contributed by atoms with E-state index in [4.69, 9.17) is 15.3 Å². The summed E-state index contributed by atoms with van der Waals surface area (Å²) in [5, 5.41) is 35.6. The molecule has 4 unspecified atom stereocenters.